The lowest BCUT2D eigenvalue weighted by Crippen LogP contribution is -2.35. The van der Waals surface area contributed by atoms with Gasteiger partial charge in [0.25, 0.3) is 15.9 Å². The summed E-state index contributed by atoms with van der Waals surface area (Å²) in [7, 11) is -4.07. The van der Waals surface area contributed by atoms with Crippen molar-refractivity contribution in [2.75, 3.05) is 10.8 Å². The standard InChI is InChI=1S/C23H18Br2N4O4S/c1-14-2-9-18(10-3-14)34(32,33)29(17-7-4-15(24)5-8-17)13-21(30)27-28-22-19-12-16(25)6-11-20(19)26-23(22)31/h2-12,26,31H,13H2,1H3. The number of halogens is 2. The van der Waals surface area contributed by atoms with Gasteiger partial charge in [-0.2, -0.15) is 0 Å². The number of aromatic hydroxyl groups is 1. The molecule has 0 aliphatic carbocycles. The highest BCUT2D eigenvalue weighted by Crippen LogP contribution is 2.37. The zero-order valence-electron chi connectivity index (χ0n) is 17.7. The summed E-state index contributed by atoms with van der Waals surface area (Å²) in [5, 5.41) is 18.3. The van der Waals surface area contributed by atoms with Crippen molar-refractivity contribution in [1.29, 1.82) is 0 Å². The fourth-order valence-electron chi connectivity index (χ4n) is 3.26. The number of benzene rings is 3. The molecule has 0 unspecified atom stereocenters. The summed E-state index contributed by atoms with van der Waals surface area (Å²) < 4.78 is 29.3. The quantitative estimate of drug-likeness (QED) is 0.254. The van der Waals surface area contributed by atoms with Crippen molar-refractivity contribution in [2.45, 2.75) is 11.8 Å². The minimum absolute atomic E-state index is 0.0462. The topological polar surface area (TPSA) is 115 Å². The SMILES string of the molecule is Cc1ccc(S(=O)(=O)N(CC(=O)N=Nc2c(O)[nH]c3ccc(Br)cc23)c2ccc(Br)cc2)cc1. The number of rotatable bonds is 6. The van der Waals surface area contributed by atoms with Crippen molar-refractivity contribution < 1.29 is 18.3 Å². The highest BCUT2D eigenvalue weighted by Gasteiger charge is 2.27. The summed E-state index contributed by atoms with van der Waals surface area (Å²) in [5.74, 6) is -1.05. The summed E-state index contributed by atoms with van der Waals surface area (Å²) in [6, 6.07) is 18.1. The molecular weight excluding hydrogens is 588 g/mol. The molecule has 0 bridgehead atoms. The van der Waals surface area contributed by atoms with Crippen molar-refractivity contribution in [3.05, 3.63) is 81.2 Å². The first-order valence-electron chi connectivity index (χ1n) is 9.95. The molecule has 0 atom stereocenters. The number of fused-ring (bicyclic) bond motifs is 1. The van der Waals surface area contributed by atoms with E-state index in [1.54, 1.807) is 54.6 Å². The van der Waals surface area contributed by atoms with Crippen LogP contribution in [0.15, 0.2) is 90.8 Å². The van der Waals surface area contributed by atoms with Crippen LogP contribution < -0.4 is 4.31 Å². The second kappa shape index (κ2) is 9.69. The number of sulfonamides is 1. The number of nitrogens with one attached hydrogen (secondary N) is 1. The van der Waals surface area contributed by atoms with Gasteiger partial charge in [0.1, 0.15) is 6.54 Å². The lowest BCUT2D eigenvalue weighted by Gasteiger charge is -2.23. The second-order valence-electron chi connectivity index (χ2n) is 7.41. The van der Waals surface area contributed by atoms with Crippen LogP contribution in [0.4, 0.5) is 11.4 Å². The summed E-state index contributed by atoms with van der Waals surface area (Å²) >= 11 is 6.69. The zero-order valence-corrected chi connectivity index (χ0v) is 21.7. The van der Waals surface area contributed by atoms with E-state index in [1.165, 1.54) is 12.1 Å². The Hall–Kier alpha value is -3.02. The van der Waals surface area contributed by atoms with Crippen molar-refractivity contribution in [2.24, 2.45) is 10.2 Å². The third-order valence-corrected chi connectivity index (χ3v) is 7.79. The number of carbonyl (C=O) groups excluding carboxylic acids is 1. The molecule has 1 aromatic heterocycles. The van der Waals surface area contributed by atoms with Gasteiger partial charge in [0.05, 0.1) is 16.1 Å². The normalized spacial score (nSPS) is 11.9. The predicted molar refractivity (Wildman–Crippen MR) is 137 cm³/mol. The number of H-pyrrole nitrogens is 1. The van der Waals surface area contributed by atoms with Gasteiger partial charge in [-0.15, -0.1) is 10.2 Å². The fourth-order valence-corrected chi connectivity index (χ4v) is 5.30. The number of hydrogen-bond acceptors (Lipinski definition) is 5. The van der Waals surface area contributed by atoms with Crippen molar-refractivity contribution in [1.82, 2.24) is 4.98 Å². The number of nitrogens with zero attached hydrogens (tertiary/aromatic N) is 3. The van der Waals surface area contributed by atoms with Gasteiger partial charge in [-0.25, -0.2) is 8.42 Å². The number of aryl methyl sites for hydroxylation is 1. The van der Waals surface area contributed by atoms with Crippen LogP contribution in [0.5, 0.6) is 5.88 Å². The number of carbonyl (C=O) groups is 1. The lowest BCUT2D eigenvalue weighted by molar-refractivity contribution is -0.116. The van der Waals surface area contributed by atoms with E-state index in [0.717, 1.165) is 18.8 Å². The van der Waals surface area contributed by atoms with Crippen LogP contribution in [0.2, 0.25) is 0 Å². The number of aromatic amines is 1. The van der Waals surface area contributed by atoms with E-state index in [4.69, 9.17) is 0 Å². The molecular formula is C23H18Br2N4O4S. The average molecular weight is 606 g/mol. The number of hydrogen-bond donors (Lipinski definition) is 2. The van der Waals surface area contributed by atoms with Crippen LogP contribution in [0.3, 0.4) is 0 Å². The van der Waals surface area contributed by atoms with Gasteiger partial charge in [0.2, 0.25) is 5.88 Å². The first-order valence-corrected chi connectivity index (χ1v) is 13.0. The van der Waals surface area contributed by atoms with E-state index in [-0.39, 0.29) is 16.5 Å². The highest BCUT2D eigenvalue weighted by atomic mass is 79.9. The molecule has 0 fully saturated rings. The minimum Gasteiger partial charge on any atom is -0.493 e. The predicted octanol–water partition coefficient (Wildman–Crippen LogP) is 6.21. The third-order valence-electron chi connectivity index (χ3n) is 4.98. The molecule has 0 saturated carbocycles. The Bertz CT molecular complexity index is 1500. The molecule has 1 amide bonds. The van der Waals surface area contributed by atoms with Crippen LogP contribution in [-0.4, -0.2) is 31.0 Å². The Balaban J connectivity index is 1.67. The van der Waals surface area contributed by atoms with Crippen LogP contribution in [-0.2, 0) is 14.8 Å². The monoisotopic (exact) mass is 604 g/mol. The Morgan fingerprint density at radius 1 is 1.00 bits per heavy atom. The first-order chi connectivity index (χ1) is 16.1. The molecule has 3 aromatic carbocycles. The van der Waals surface area contributed by atoms with E-state index >= 15 is 0 Å². The summed E-state index contributed by atoms with van der Waals surface area (Å²) in [5.41, 5.74) is 1.90. The maximum atomic E-state index is 13.4. The third kappa shape index (κ3) is 5.06. The van der Waals surface area contributed by atoms with E-state index in [2.05, 4.69) is 47.1 Å². The van der Waals surface area contributed by atoms with E-state index < -0.39 is 22.5 Å². The van der Waals surface area contributed by atoms with Gasteiger partial charge in [0, 0.05) is 14.3 Å². The molecule has 11 heteroatoms. The van der Waals surface area contributed by atoms with E-state index in [1.807, 2.05) is 6.92 Å². The van der Waals surface area contributed by atoms with Crippen molar-refractivity contribution in [3.63, 3.8) is 0 Å². The smallest absolute Gasteiger partial charge is 0.285 e. The number of amides is 1. The number of aromatic nitrogens is 1. The lowest BCUT2D eigenvalue weighted by atomic mass is 10.2. The van der Waals surface area contributed by atoms with Gasteiger partial charge in [-0.3, -0.25) is 9.10 Å². The molecule has 1 heterocycles. The molecule has 4 aromatic rings. The molecule has 0 radical (unpaired) electrons. The highest BCUT2D eigenvalue weighted by molar-refractivity contribution is 9.10. The number of anilines is 1. The fraction of sp³-hybridized carbons (Fsp3) is 0.0870. The Morgan fingerprint density at radius 3 is 2.32 bits per heavy atom. The molecule has 34 heavy (non-hydrogen) atoms. The molecule has 0 spiro atoms. The van der Waals surface area contributed by atoms with Crippen molar-refractivity contribution in [3.8, 4) is 5.88 Å². The minimum atomic E-state index is -4.07. The summed E-state index contributed by atoms with van der Waals surface area (Å²) in [4.78, 5) is 15.6. The van der Waals surface area contributed by atoms with Crippen LogP contribution >= 0.6 is 31.9 Å². The molecule has 4 rings (SSSR count). The van der Waals surface area contributed by atoms with Gasteiger partial charge in [-0.1, -0.05) is 49.6 Å². The molecule has 0 saturated heterocycles. The Labute approximate surface area is 212 Å². The maximum absolute atomic E-state index is 13.4. The molecule has 8 nitrogen and oxygen atoms in total. The maximum Gasteiger partial charge on any atom is 0.285 e. The van der Waals surface area contributed by atoms with E-state index in [0.29, 0.717) is 16.6 Å². The van der Waals surface area contributed by atoms with Crippen LogP contribution in [0.1, 0.15) is 5.56 Å². The average Bonchev–Trinajstić information content (AvgIpc) is 3.11. The summed E-state index contributed by atoms with van der Waals surface area (Å²) in [6.07, 6.45) is 0. The molecule has 0 aliphatic heterocycles. The second-order valence-corrected chi connectivity index (χ2v) is 11.1. The Morgan fingerprint density at radius 2 is 1.65 bits per heavy atom. The van der Waals surface area contributed by atoms with Gasteiger partial charge >= 0.3 is 0 Å². The molecule has 174 valence electrons. The first kappa shape index (κ1) is 24.1. The summed E-state index contributed by atoms with van der Waals surface area (Å²) in [6.45, 7) is 1.28. The molecule has 0 aliphatic rings. The van der Waals surface area contributed by atoms with Crippen LogP contribution in [0.25, 0.3) is 10.9 Å². The Kier molecular flexibility index (Phi) is 6.87. The zero-order chi connectivity index (χ0) is 24.5. The van der Waals surface area contributed by atoms with Crippen LogP contribution in [0, 0.1) is 6.92 Å². The van der Waals surface area contributed by atoms with Gasteiger partial charge in [-0.05, 0) is 61.5 Å². The van der Waals surface area contributed by atoms with Crippen molar-refractivity contribution >= 4 is 70.1 Å². The number of azo groups is 1. The van der Waals surface area contributed by atoms with Gasteiger partial charge < -0.3 is 10.1 Å². The van der Waals surface area contributed by atoms with E-state index in [9.17, 15) is 18.3 Å². The molecule has 2 N–H and O–H groups in total. The largest absolute Gasteiger partial charge is 0.493 e. The van der Waals surface area contributed by atoms with Gasteiger partial charge in [0.15, 0.2) is 5.69 Å².